The summed E-state index contributed by atoms with van der Waals surface area (Å²) in [6.07, 6.45) is 2.02. The van der Waals surface area contributed by atoms with Crippen LogP contribution in [-0.4, -0.2) is 59.6 Å². The third-order valence-corrected chi connectivity index (χ3v) is 7.35. The number of benzene rings is 1. The van der Waals surface area contributed by atoms with Crippen LogP contribution in [0.5, 0.6) is 0 Å². The zero-order valence-electron chi connectivity index (χ0n) is 16.0. The number of halogens is 2. The molecule has 7 heteroatoms. The summed E-state index contributed by atoms with van der Waals surface area (Å²) in [5.74, 6) is 0.418. The lowest BCUT2D eigenvalue weighted by molar-refractivity contribution is 0.124. The number of aromatic nitrogens is 1. The zero-order chi connectivity index (χ0) is 19.3. The van der Waals surface area contributed by atoms with E-state index in [1.165, 1.54) is 22.0 Å². The van der Waals surface area contributed by atoms with Gasteiger partial charge in [0.25, 0.3) is 0 Å². The number of likely N-dealkylation sites (tertiary alicyclic amines) is 1. The number of piperidine rings is 1. The number of amides is 2. The third-order valence-electron chi connectivity index (χ3n) is 6.21. The highest BCUT2D eigenvalue weighted by molar-refractivity contribution is 9.10. The maximum Gasteiger partial charge on any atom is 0.317 e. The standard InChI is InChI=1S/C20H26Br2N4O/c1-4-26(5-2)20(27)23-12-8-13-14-6-11(21)7-16-18(14)15(19(22)24-16)9-17(13)25(3)10-12/h6-7,12-13,17,24H,4-5,8-10H2,1-3H3,(H,23,27)/t12-,13+,17+/m0/s1. The van der Waals surface area contributed by atoms with Crippen molar-refractivity contribution in [3.8, 4) is 0 Å². The normalized spacial score (nSPS) is 24.7. The van der Waals surface area contributed by atoms with Gasteiger partial charge in [0.15, 0.2) is 0 Å². The predicted molar refractivity (Wildman–Crippen MR) is 116 cm³/mol. The first kappa shape index (κ1) is 19.3. The van der Waals surface area contributed by atoms with E-state index in [9.17, 15) is 4.79 Å². The number of rotatable bonds is 3. The molecule has 2 heterocycles. The Hall–Kier alpha value is -1.05. The monoisotopic (exact) mass is 496 g/mol. The second-order valence-electron chi connectivity index (χ2n) is 7.71. The van der Waals surface area contributed by atoms with Crippen LogP contribution in [0.25, 0.3) is 10.9 Å². The molecule has 0 saturated carbocycles. The van der Waals surface area contributed by atoms with E-state index in [4.69, 9.17) is 0 Å². The third kappa shape index (κ3) is 3.32. The number of carbonyl (C=O) groups is 1. The SMILES string of the molecule is CCN(CC)C(=O)N[C@H]1C[C@@H]2c3cc(Br)cc4[nH]c(Br)c(c34)C[C@H]2N(C)C1. The van der Waals surface area contributed by atoms with Crippen molar-refractivity contribution in [2.45, 2.75) is 44.7 Å². The van der Waals surface area contributed by atoms with Gasteiger partial charge >= 0.3 is 6.03 Å². The molecule has 2 N–H and O–H groups in total. The topological polar surface area (TPSA) is 51.4 Å². The van der Waals surface area contributed by atoms with Gasteiger partial charge in [-0.1, -0.05) is 15.9 Å². The second kappa shape index (κ2) is 7.41. The molecule has 1 fully saturated rings. The Morgan fingerprint density at radius 3 is 2.78 bits per heavy atom. The molecule has 1 aromatic heterocycles. The Labute approximate surface area is 177 Å². The van der Waals surface area contributed by atoms with E-state index in [0.717, 1.165) is 41.6 Å². The molecule has 1 saturated heterocycles. The fourth-order valence-electron chi connectivity index (χ4n) is 4.90. The van der Waals surface area contributed by atoms with Gasteiger partial charge in [-0.2, -0.15) is 0 Å². The summed E-state index contributed by atoms with van der Waals surface area (Å²) in [5, 5.41) is 4.63. The average molecular weight is 498 g/mol. The van der Waals surface area contributed by atoms with Crippen molar-refractivity contribution in [1.82, 2.24) is 20.1 Å². The van der Waals surface area contributed by atoms with Gasteiger partial charge in [0.1, 0.15) is 0 Å². The molecule has 0 radical (unpaired) electrons. The summed E-state index contributed by atoms with van der Waals surface area (Å²) in [6.45, 7) is 6.42. The van der Waals surface area contributed by atoms with E-state index in [1.807, 2.05) is 18.7 Å². The number of carbonyl (C=O) groups excluding carboxylic acids is 1. The van der Waals surface area contributed by atoms with E-state index in [0.29, 0.717) is 12.0 Å². The van der Waals surface area contributed by atoms with E-state index in [2.05, 4.69) is 66.2 Å². The molecule has 1 aliphatic carbocycles. The highest BCUT2D eigenvalue weighted by Gasteiger charge is 2.41. The van der Waals surface area contributed by atoms with Gasteiger partial charge in [-0.3, -0.25) is 0 Å². The minimum absolute atomic E-state index is 0.0529. The van der Waals surface area contributed by atoms with Gasteiger partial charge in [-0.25, -0.2) is 4.79 Å². The zero-order valence-corrected chi connectivity index (χ0v) is 19.2. The van der Waals surface area contributed by atoms with E-state index < -0.39 is 0 Å². The van der Waals surface area contributed by atoms with Crippen LogP contribution < -0.4 is 5.32 Å². The minimum Gasteiger partial charge on any atom is -0.349 e. The summed E-state index contributed by atoms with van der Waals surface area (Å²) in [4.78, 5) is 20.3. The summed E-state index contributed by atoms with van der Waals surface area (Å²) >= 11 is 7.40. The van der Waals surface area contributed by atoms with Gasteiger partial charge in [-0.05, 0) is 72.9 Å². The van der Waals surface area contributed by atoms with E-state index in [1.54, 1.807) is 0 Å². The molecule has 3 atom stereocenters. The Morgan fingerprint density at radius 2 is 2.07 bits per heavy atom. The summed E-state index contributed by atoms with van der Waals surface area (Å²) in [7, 11) is 2.19. The smallest absolute Gasteiger partial charge is 0.317 e. The molecule has 0 bridgehead atoms. The van der Waals surface area contributed by atoms with Crippen molar-refractivity contribution in [3.63, 3.8) is 0 Å². The molecule has 2 amide bonds. The van der Waals surface area contributed by atoms with Crippen LogP contribution >= 0.6 is 31.9 Å². The Kier molecular flexibility index (Phi) is 5.29. The van der Waals surface area contributed by atoms with Crippen LogP contribution in [0.4, 0.5) is 4.79 Å². The number of hydrogen-bond donors (Lipinski definition) is 2. The fraction of sp³-hybridized carbons (Fsp3) is 0.550. The average Bonchev–Trinajstić information content (AvgIpc) is 2.93. The molecular weight excluding hydrogens is 472 g/mol. The number of nitrogens with one attached hydrogen (secondary N) is 2. The maximum atomic E-state index is 12.6. The van der Waals surface area contributed by atoms with Crippen molar-refractivity contribution in [3.05, 3.63) is 32.3 Å². The van der Waals surface area contributed by atoms with Crippen molar-refractivity contribution < 1.29 is 4.79 Å². The number of likely N-dealkylation sites (N-methyl/N-ethyl adjacent to an activating group) is 1. The van der Waals surface area contributed by atoms with Crippen LogP contribution in [0.2, 0.25) is 0 Å². The molecule has 5 nitrogen and oxygen atoms in total. The molecule has 1 aromatic carbocycles. The maximum absolute atomic E-state index is 12.6. The van der Waals surface area contributed by atoms with Crippen molar-refractivity contribution >= 4 is 48.8 Å². The number of nitrogens with zero attached hydrogens (tertiary/aromatic N) is 2. The molecule has 0 unspecified atom stereocenters. The first-order chi connectivity index (χ1) is 12.9. The highest BCUT2D eigenvalue weighted by atomic mass is 79.9. The Bertz CT molecular complexity index is 876. The lowest BCUT2D eigenvalue weighted by Crippen LogP contribution is -2.56. The molecule has 2 aliphatic rings. The van der Waals surface area contributed by atoms with E-state index in [-0.39, 0.29) is 12.1 Å². The fourth-order valence-corrected chi connectivity index (χ4v) is 5.95. The number of aromatic amines is 1. The number of fused-ring (bicyclic) bond motifs is 2. The second-order valence-corrected chi connectivity index (χ2v) is 9.42. The van der Waals surface area contributed by atoms with Crippen LogP contribution in [-0.2, 0) is 6.42 Å². The Balaban J connectivity index is 1.66. The molecule has 27 heavy (non-hydrogen) atoms. The highest BCUT2D eigenvalue weighted by Crippen LogP contribution is 2.46. The molecule has 1 aliphatic heterocycles. The number of H-pyrrole nitrogens is 1. The van der Waals surface area contributed by atoms with Crippen LogP contribution in [0.3, 0.4) is 0 Å². The van der Waals surface area contributed by atoms with Crippen molar-refractivity contribution in [1.29, 1.82) is 0 Å². The van der Waals surface area contributed by atoms with Gasteiger partial charge < -0.3 is 20.1 Å². The molecule has 146 valence electrons. The summed E-state index contributed by atoms with van der Waals surface area (Å²) in [5.41, 5.74) is 3.95. The minimum atomic E-state index is 0.0529. The predicted octanol–water partition coefficient (Wildman–Crippen LogP) is 4.46. The van der Waals surface area contributed by atoms with Crippen LogP contribution in [0.1, 0.15) is 37.3 Å². The first-order valence-corrected chi connectivity index (χ1v) is 11.3. The van der Waals surface area contributed by atoms with Gasteiger partial charge in [0.2, 0.25) is 0 Å². The lowest BCUT2D eigenvalue weighted by Gasteiger charge is -2.46. The Morgan fingerprint density at radius 1 is 1.33 bits per heavy atom. The van der Waals surface area contributed by atoms with Crippen LogP contribution in [0.15, 0.2) is 21.2 Å². The van der Waals surface area contributed by atoms with Crippen molar-refractivity contribution in [2.75, 3.05) is 26.7 Å². The van der Waals surface area contributed by atoms with Gasteiger partial charge in [0, 0.05) is 53.0 Å². The quantitative estimate of drug-likeness (QED) is 0.657. The largest absolute Gasteiger partial charge is 0.349 e. The molecule has 2 aromatic rings. The van der Waals surface area contributed by atoms with Crippen LogP contribution in [0, 0.1) is 0 Å². The molecule has 0 spiro atoms. The van der Waals surface area contributed by atoms with E-state index >= 15 is 0 Å². The summed E-state index contributed by atoms with van der Waals surface area (Å²) in [6, 6.07) is 5.11. The number of hydrogen-bond acceptors (Lipinski definition) is 2. The first-order valence-electron chi connectivity index (χ1n) is 9.68. The molecule has 4 rings (SSSR count). The summed E-state index contributed by atoms with van der Waals surface area (Å²) < 4.78 is 2.20. The number of urea groups is 1. The van der Waals surface area contributed by atoms with Crippen molar-refractivity contribution in [2.24, 2.45) is 0 Å². The van der Waals surface area contributed by atoms with Gasteiger partial charge in [-0.15, -0.1) is 0 Å². The lowest BCUT2D eigenvalue weighted by atomic mass is 9.74. The molecular formula is C20H26Br2N4O. The van der Waals surface area contributed by atoms with Gasteiger partial charge in [0.05, 0.1) is 4.60 Å².